The number of carbonyl (C=O) groups is 2. The predicted octanol–water partition coefficient (Wildman–Crippen LogP) is 6.07. The number of nitrogens with zero attached hydrogens (tertiary/aromatic N) is 1. The highest BCUT2D eigenvalue weighted by Crippen LogP contribution is 2.64. The van der Waals surface area contributed by atoms with Gasteiger partial charge in [0.05, 0.1) is 11.1 Å². The molecule has 2 amide bonds. The SMILES string of the molecule is O=C1c2c(F)c(F)c(F)c(F)c2C(=O)N1OS(=O)(=O)C(F)(F)C(F)(F)C(F)(F)C(F)(F)C(F)(F)C(F)(F)C(F)(F)C(F)(F)F. The molecule has 0 spiro atoms. The van der Waals surface area contributed by atoms with Crippen molar-refractivity contribution < 1.29 is 114 Å². The molecule has 252 valence electrons. The van der Waals surface area contributed by atoms with Gasteiger partial charge in [-0.3, -0.25) is 9.59 Å². The third kappa shape index (κ3) is 4.28. The number of amides is 2. The molecule has 0 saturated carbocycles. The number of rotatable bonds is 9. The maximum atomic E-state index is 14.1. The molecule has 0 unspecified atom stereocenters. The smallest absolute Gasteiger partial charge is 0.266 e. The number of alkyl halides is 17. The fourth-order valence-corrected chi connectivity index (χ4v) is 3.72. The standard InChI is InChI=1S/C16F21NO5S/c17-3-1-2(4(18)6(20)5(3)19)8(40)38(7(1)39)43-44(41,42)16(36,37)14(31,32)12(27,28)10(23,24)9(21,22)11(25,26)13(29,30)15(33,34)35. The quantitative estimate of drug-likeness (QED) is 0.134. The van der Waals surface area contributed by atoms with Gasteiger partial charge in [0.2, 0.25) is 0 Å². The van der Waals surface area contributed by atoms with Gasteiger partial charge in [-0.25, -0.2) is 17.6 Å². The number of benzene rings is 1. The van der Waals surface area contributed by atoms with Crippen LogP contribution in [0.5, 0.6) is 0 Å². The van der Waals surface area contributed by atoms with Crippen LogP contribution in [0.2, 0.25) is 0 Å². The highest BCUT2D eigenvalue weighted by molar-refractivity contribution is 7.87. The Hall–Kier alpha value is -3.20. The lowest BCUT2D eigenvalue weighted by Crippen LogP contribution is -2.75. The average Bonchev–Trinajstić information content (AvgIpc) is 3.09. The molecule has 0 bridgehead atoms. The van der Waals surface area contributed by atoms with Gasteiger partial charge >= 0.3 is 57.1 Å². The van der Waals surface area contributed by atoms with E-state index in [1.165, 1.54) is 0 Å². The van der Waals surface area contributed by atoms with E-state index >= 15 is 0 Å². The highest BCUT2D eigenvalue weighted by Gasteiger charge is 2.96. The van der Waals surface area contributed by atoms with Crippen molar-refractivity contribution in [1.29, 1.82) is 0 Å². The molecule has 0 aliphatic carbocycles. The summed E-state index contributed by atoms with van der Waals surface area (Å²) in [6.07, 6.45) is -8.06. The molecule has 2 rings (SSSR count). The Balaban J connectivity index is 2.66. The van der Waals surface area contributed by atoms with Gasteiger partial charge in [0.25, 0.3) is 11.8 Å². The summed E-state index contributed by atoms with van der Waals surface area (Å²) < 4.78 is 306. The molecule has 0 aromatic heterocycles. The van der Waals surface area contributed by atoms with Crippen molar-refractivity contribution in [2.45, 2.75) is 47.0 Å². The third-order valence-electron chi connectivity index (χ3n) is 5.24. The minimum Gasteiger partial charge on any atom is -0.266 e. The van der Waals surface area contributed by atoms with E-state index in [1.54, 1.807) is 0 Å². The maximum Gasteiger partial charge on any atom is 0.460 e. The number of imide groups is 1. The van der Waals surface area contributed by atoms with Crippen LogP contribution in [-0.4, -0.2) is 72.3 Å². The fourth-order valence-electron chi connectivity index (χ4n) is 2.85. The molecule has 1 aromatic rings. The Labute approximate surface area is 224 Å². The maximum absolute atomic E-state index is 14.1. The Bertz CT molecular complexity index is 1470. The van der Waals surface area contributed by atoms with Crippen molar-refractivity contribution in [1.82, 2.24) is 5.06 Å². The molecule has 44 heavy (non-hydrogen) atoms. The number of hydrogen-bond donors (Lipinski definition) is 0. The summed E-state index contributed by atoms with van der Waals surface area (Å²) in [5, 5.41) is -10.5. The van der Waals surface area contributed by atoms with Gasteiger partial charge in [0.15, 0.2) is 23.3 Å². The van der Waals surface area contributed by atoms with Crippen LogP contribution in [0.1, 0.15) is 20.7 Å². The van der Waals surface area contributed by atoms with Crippen molar-refractivity contribution in [3.63, 3.8) is 0 Å². The minimum absolute atomic E-state index is 2.09. The number of hydrogen-bond acceptors (Lipinski definition) is 5. The third-order valence-corrected chi connectivity index (χ3v) is 6.47. The summed E-state index contributed by atoms with van der Waals surface area (Å²) in [6.45, 7) is 0. The number of fused-ring (bicyclic) bond motifs is 1. The Morgan fingerprint density at radius 2 is 0.727 bits per heavy atom. The molecular weight excluding hydrogens is 717 g/mol. The number of hydroxylamine groups is 2. The molecule has 28 heteroatoms. The van der Waals surface area contributed by atoms with Gasteiger partial charge in [-0.05, 0) is 0 Å². The monoisotopic (exact) mass is 717 g/mol. The summed E-state index contributed by atoms with van der Waals surface area (Å²) in [6, 6.07) is 0. The van der Waals surface area contributed by atoms with Gasteiger partial charge in [-0.1, -0.05) is 0 Å². The molecule has 0 N–H and O–H groups in total. The van der Waals surface area contributed by atoms with Gasteiger partial charge < -0.3 is 0 Å². The van der Waals surface area contributed by atoms with E-state index in [0.29, 0.717) is 0 Å². The molecule has 1 heterocycles. The minimum atomic E-state index is -9.22. The van der Waals surface area contributed by atoms with Crippen molar-refractivity contribution in [3.8, 4) is 0 Å². The van der Waals surface area contributed by atoms with Crippen LogP contribution in [0.15, 0.2) is 0 Å². The van der Waals surface area contributed by atoms with E-state index in [2.05, 4.69) is 4.28 Å². The second-order valence-electron chi connectivity index (χ2n) is 7.90. The molecule has 1 aromatic carbocycles. The number of halogens is 21. The lowest BCUT2D eigenvalue weighted by Gasteiger charge is -2.42. The van der Waals surface area contributed by atoms with Crippen LogP contribution in [0.3, 0.4) is 0 Å². The first kappa shape index (κ1) is 37.0. The average molecular weight is 717 g/mol. The van der Waals surface area contributed by atoms with Gasteiger partial charge in [0, 0.05) is 0 Å². The largest absolute Gasteiger partial charge is 0.460 e. The zero-order chi connectivity index (χ0) is 35.4. The van der Waals surface area contributed by atoms with Gasteiger partial charge in [0.1, 0.15) is 0 Å². The molecule has 0 radical (unpaired) electrons. The van der Waals surface area contributed by atoms with Crippen LogP contribution in [0.25, 0.3) is 0 Å². The van der Waals surface area contributed by atoms with Gasteiger partial charge in [-0.2, -0.15) is 83.1 Å². The Morgan fingerprint density at radius 1 is 0.455 bits per heavy atom. The zero-order valence-corrected chi connectivity index (χ0v) is 19.7. The van der Waals surface area contributed by atoms with E-state index < -0.39 is 108 Å². The summed E-state index contributed by atoms with van der Waals surface area (Å²) >= 11 is 0. The summed E-state index contributed by atoms with van der Waals surface area (Å²) in [7, 11) is -8.61. The van der Waals surface area contributed by atoms with Crippen molar-refractivity contribution in [2.24, 2.45) is 0 Å². The first-order valence-electron chi connectivity index (χ1n) is 9.46. The predicted molar refractivity (Wildman–Crippen MR) is 87.5 cm³/mol. The molecule has 1 aliphatic rings. The molecule has 0 fully saturated rings. The normalized spacial score (nSPS) is 16.6. The Kier molecular flexibility index (Phi) is 8.11. The topological polar surface area (TPSA) is 80.8 Å². The van der Waals surface area contributed by atoms with Gasteiger partial charge in [-0.15, -0.1) is 9.35 Å². The van der Waals surface area contributed by atoms with Crippen LogP contribution in [-0.2, 0) is 14.4 Å². The van der Waals surface area contributed by atoms with Crippen LogP contribution in [0, 0.1) is 23.3 Å². The highest BCUT2D eigenvalue weighted by atomic mass is 32.2. The zero-order valence-electron chi connectivity index (χ0n) is 18.8. The van der Waals surface area contributed by atoms with E-state index in [4.69, 9.17) is 0 Å². The van der Waals surface area contributed by atoms with E-state index in [9.17, 15) is 110 Å². The summed E-state index contributed by atoms with van der Waals surface area (Å²) in [4.78, 5) is 23.7. The Morgan fingerprint density at radius 3 is 1.02 bits per heavy atom. The van der Waals surface area contributed by atoms with Crippen LogP contribution in [0.4, 0.5) is 92.2 Å². The van der Waals surface area contributed by atoms with Crippen molar-refractivity contribution >= 4 is 21.9 Å². The molecule has 1 aliphatic heterocycles. The second kappa shape index (κ2) is 9.65. The number of carbonyl (C=O) groups excluding carboxylic acids is 2. The summed E-state index contributed by atoms with van der Waals surface area (Å²) in [5.41, 5.74) is -4.97. The van der Waals surface area contributed by atoms with E-state index in [0.717, 1.165) is 0 Å². The van der Waals surface area contributed by atoms with E-state index in [-0.39, 0.29) is 0 Å². The fraction of sp³-hybridized carbons (Fsp3) is 0.500. The van der Waals surface area contributed by atoms with E-state index in [1.807, 2.05) is 0 Å². The van der Waals surface area contributed by atoms with Crippen molar-refractivity contribution in [2.75, 3.05) is 0 Å². The molecule has 0 saturated heterocycles. The van der Waals surface area contributed by atoms with Crippen molar-refractivity contribution in [3.05, 3.63) is 34.4 Å². The molecular formula is C16F21NO5S. The molecule has 0 atom stereocenters. The van der Waals surface area contributed by atoms with Crippen LogP contribution >= 0.6 is 0 Å². The second-order valence-corrected chi connectivity index (χ2v) is 9.47. The summed E-state index contributed by atoms with van der Waals surface area (Å²) in [5.74, 6) is -72.0. The lowest BCUT2D eigenvalue weighted by atomic mass is 9.91. The first-order valence-corrected chi connectivity index (χ1v) is 10.9. The first-order chi connectivity index (χ1) is 19.1. The van der Waals surface area contributed by atoms with Crippen LogP contribution < -0.4 is 0 Å². The lowest BCUT2D eigenvalue weighted by molar-refractivity contribution is -0.458. The molecule has 6 nitrogen and oxygen atoms in total.